The Morgan fingerprint density at radius 1 is 1.21 bits per heavy atom. The molecule has 4 rings (SSSR count). The zero-order chi connectivity index (χ0) is 16.8. The third-order valence-electron chi connectivity index (χ3n) is 5.05. The molecule has 0 bridgehead atoms. The quantitative estimate of drug-likeness (QED) is 0.861. The number of nitrogens with zero attached hydrogens (tertiary/aromatic N) is 2. The lowest BCUT2D eigenvalue weighted by atomic mass is 10.0. The minimum absolute atomic E-state index is 0.123. The highest BCUT2D eigenvalue weighted by molar-refractivity contribution is 6.02. The van der Waals surface area contributed by atoms with Crippen LogP contribution in [0.2, 0.25) is 0 Å². The monoisotopic (exact) mass is 329 g/mol. The summed E-state index contributed by atoms with van der Waals surface area (Å²) in [5, 5.41) is 4.15. The lowest BCUT2D eigenvalue weighted by molar-refractivity contribution is -0.136. The Balaban J connectivity index is 1.73. The molecule has 2 unspecified atom stereocenters. The summed E-state index contributed by atoms with van der Waals surface area (Å²) in [4.78, 5) is 32.2. The number of nitrogens with one attached hydrogen (secondary N) is 1. The highest BCUT2D eigenvalue weighted by Gasteiger charge is 2.43. The lowest BCUT2D eigenvalue weighted by Gasteiger charge is -2.45. The van der Waals surface area contributed by atoms with Crippen molar-refractivity contribution in [2.75, 3.05) is 9.96 Å². The van der Waals surface area contributed by atoms with Gasteiger partial charge in [0.1, 0.15) is 6.04 Å². The Labute approximate surface area is 141 Å². The van der Waals surface area contributed by atoms with Crippen molar-refractivity contribution >= 4 is 23.2 Å². The van der Waals surface area contributed by atoms with E-state index in [2.05, 4.69) is 29.3 Å². The molecule has 1 saturated carbocycles. The lowest BCUT2D eigenvalue weighted by Crippen LogP contribution is -2.57. The van der Waals surface area contributed by atoms with Gasteiger partial charge in [0, 0.05) is 12.5 Å². The fourth-order valence-electron chi connectivity index (χ4n) is 3.64. The molecule has 1 aromatic carbocycles. The van der Waals surface area contributed by atoms with Gasteiger partial charge in [-0.2, -0.15) is 0 Å². The number of carbonyl (C=O) groups excluding carboxylic acids is 2. The normalized spacial score (nSPS) is 27.1. The van der Waals surface area contributed by atoms with Crippen molar-refractivity contribution in [3.8, 4) is 0 Å². The molecule has 1 N–H and O–H groups in total. The Kier molecular flexibility index (Phi) is 3.72. The number of benzene rings is 1. The van der Waals surface area contributed by atoms with Crippen LogP contribution in [-0.4, -0.2) is 30.1 Å². The number of hydroxylamine groups is 1. The van der Waals surface area contributed by atoms with Crippen LogP contribution in [0.15, 0.2) is 18.2 Å². The van der Waals surface area contributed by atoms with E-state index >= 15 is 0 Å². The number of fused-ring (bicyclic) bond motifs is 1. The second-order valence-electron chi connectivity index (χ2n) is 6.81. The van der Waals surface area contributed by atoms with Gasteiger partial charge in [0.25, 0.3) is 5.91 Å². The van der Waals surface area contributed by atoms with E-state index in [0.29, 0.717) is 18.9 Å². The molecule has 2 fully saturated rings. The Morgan fingerprint density at radius 3 is 2.67 bits per heavy atom. The fraction of sp³-hybridized carbons (Fsp3) is 0.556. The summed E-state index contributed by atoms with van der Waals surface area (Å²) in [6, 6.07) is 6.40. The summed E-state index contributed by atoms with van der Waals surface area (Å²) in [5.41, 5.74) is 3.34. The van der Waals surface area contributed by atoms with Crippen LogP contribution in [0.1, 0.15) is 45.1 Å². The van der Waals surface area contributed by atoms with Crippen molar-refractivity contribution in [3.63, 3.8) is 0 Å². The Hall–Kier alpha value is -2.08. The summed E-state index contributed by atoms with van der Waals surface area (Å²) < 4.78 is 0. The minimum atomic E-state index is -0.460. The van der Waals surface area contributed by atoms with Crippen LogP contribution < -0.4 is 15.3 Å². The van der Waals surface area contributed by atoms with E-state index in [4.69, 9.17) is 4.84 Å². The van der Waals surface area contributed by atoms with Gasteiger partial charge in [0.05, 0.1) is 11.4 Å². The molecule has 2 heterocycles. The molecule has 2 amide bonds. The van der Waals surface area contributed by atoms with E-state index in [0.717, 1.165) is 17.8 Å². The van der Waals surface area contributed by atoms with E-state index in [1.807, 2.05) is 13.0 Å². The highest BCUT2D eigenvalue weighted by Crippen LogP contribution is 2.44. The number of piperidine rings is 1. The van der Waals surface area contributed by atoms with Gasteiger partial charge >= 0.3 is 0 Å². The van der Waals surface area contributed by atoms with E-state index in [-0.39, 0.29) is 18.0 Å². The van der Waals surface area contributed by atoms with Crippen molar-refractivity contribution < 1.29 is 14.4 Å². The van der Waals surface area contributed by atoms with Crippen LogP contribution >= 0.6 is 0 Å². The van der Waals surface area contributed by atoms with Crippen molar-refractivity contribution in [2.24, 2.45) is 0 Å². The summed E-state index contributed by atoms with van der Waals surface area (Å²) in [6.07, 6.45) is 4.04. The number of imide groups is 1. The van der Waals surface area contributed by atoms with Gasteiger partial charge in [0.15, 0.2) is 6.23 Å². The van der Waals surface area contributed by atoms with Crippen LogP contribution in [0.3, 0.4) is 0 Å². The predicted molar refractivity (Wildman–Crippen MR) is 90.5 cm³/mol. The van der Waals surface area contributed by atoms with Crippen LogP contribution in [0.5, 0.6) is 0 Å². The minimum Gasteiger partial charge on any atom is -0.339 e. The maximum absolute atomic E-state index is 12.3. The molecule has 3 aliphatic rings. The number of amides is 2. The van der Waals surface area contributed by atoms with Crippen molar-refractivity contribution in [1.29, 1.82) is 0 Å². The summed E-state index contributed by atoms with van der Waals surface area (Å²) in [7, 11) is 0. The van der Waals surface area contributed by atoms with Gasteiger partial charge in [-0.15, -0.1) is 0 Å². The number of aryl methyl sites for hydroxylation is 1. The first-order valence-electron chi connectivity index (χ1n) is 8.79. The van der Waals surface area contributed by atoms with Gasteiger partial charge in [0.2, 0.25) is 5.91 Å². The highest BCUT2D eigenvalue weighted by atomic mass is 16.7. The van der Waals surface area contributed by atoms with Crippen molar-refractivity contribution in [2.45, 2.75) is 64.3 Å². The van der Waals surface area contributed by atoms with Gasteiger partial charge in [-0.3, -0.25) is 14.9 Å². The molecular formula is C18H23N3O3. The van der Waals surface area contributed by atoms with Crippen LogP contribution in [0, 0.1) is 0 Å². The molecule has 0 aromatic heterocycles. The largest absolute Gasteiger partial charge is 0.339 e. The Bertz CT molecular complexity index is 686. The first-order valence-corrected chi connectivity index (χ1v) is 8.79. The summed E-state index contributed by atoms with van der Waals surface area (Å²) >= 11 is 0. The topological polar surface area (TPSA) is 61.9 Å². The smallest absolute Gasteiger partial charge is 0.251 e. The van der Waals surface area contributed by atoms with E-state index in [9.17, 15) is 9.59 Å². The number of hydrogen-bond donors (Lipinski definition) is 1. The van der Waals surface area contributed by atoms with E-state index < -0.39 is 6.04 Å². The molecule has 128 valence electrons. The third kappa shape index (κ3) is 2.55. The molecule has 1 aliphatic carbocycles. The van der Waals surface area contributed by atoms with Gasteiger partial charge < -0.3 is 4.90 Å². The van der Waals surface area contributed by atoms with Crippen LogP contribution in [-0.2, 0) is 20.8 Å². The maximum atomic E-state index is 12.3. The molecule has 0 spiro atoms. The van der Waals surface area contributed by atoms with Gasteiger partial charge in [-0.05, 0) is 50.3 Å². The molecule has 2 atom stereocenters. The first-order chi connectivity index (χ1) is 11.6. The Morgan fingerprint density at radius 2 is 2.00 bits per heavy atom. The maximum Gasteiger partial charge on any atom is 0.251 e. The molecule has 1 aromatic rings. The summed E-state index contributed by atoms with van der Waals surface area (Å²) in [6.45, 7) is 4.17. The van der Waals surface area contributed by atoms with Crippen LogP contribution in [0.25, 0.3) is 0 Å². The zero-order valence-corrected chi connectivity index (χ0v) is 14.1. The standard InChI is InChI=1S/C18H23N3O3/c1-3-12-4-7-14-16(10-12)20(13-5-6-13)11(2)24-21(14)15-8-9-17(22)19-18(15)23/h4,7,10-11,13,15H,3,5-6,8-9H2,1-2H3,(H,19,22,23). The number of anilines is 2. The molecule has 6 nitrogen and oxygen atoms in total. The number of hydrogen-bond acceptors (Lipinski definition) is 5. The SMILES string of the molecule is CCc1ccc2c(c1)N(C1CC1)C(C)ON2C1CCC(=O)NC1=O. The summed E-state index contributed by atoms with van der Waals surface area (Å²) in [5.74, 6) is -0.480. The molecule has 2 aliphatic heterocycles. The predicted octanol–water partition coefficient (Wildman–Crippen LogP) is 2.12. The van der Waals surface area contributed by atoms with Crippen molar-refractivity contribution in [1.82, 2.24) is 5.32 Å². The molecule has 1 saturated heterocycles. The number of carbonyl (C=O) groups is 2. The van der Waals surface area contributed by atoms with Gasteiger partial charge in [-0.25, -0.2) is 9.90 Å². The zero-order valence-electron chi connectivity index (χ0n) is 14.1. The van der Waals surface area contributed by atoms with E-state index in [1.165, 1.54) is 18.4 Å². The second kappa shape index (κ2) is 5.77. The molecule has 0 radical (unpaired) electrons. The van der Waals surface area contributed by atoms with Crippen LogP contribution in [0.4, 0.5) is 11.4 Å². The van der Waals surface area contributed by atoms with Gasteiger partial charge in [-0.1, -0.05) is 13.0 Å². The second-order valence-corrected chi connectivity index (χ2v) is 6.81. The first kappa shape index (κ1) is 15.4. The average Bonchev–Trinajstić information content (AvgIpc) is 3.38. The average molecular weight is 329 g/mol. The molecule has 6 heteroatoms. The van der Waals surface area contributed by atoms with E-state index in [1.54, 1.807) is 5.06 Å². The molecular weight excluding hydrogens is 306 g/mol. The fourth-order valence-corrected chi connectivity index (χ4v) is 3.64. The van der Waals surface area contributed by atoms with Crippen molar-refractivity contribution in [3.05, 3.63) is 23.8 Å². The molecule has 24 heavy (non-hydrogen) atoms. The third-order valence-corrected chi connectivity index (χ3v) is 5.05. The number of rotatable bonds is 3.